The topological polar surface area (TPSA) is 78.7 Å². The molecular formula is C22H28N4O3S. The third-order valence-electron chi connectivity index (χ3n) is 6.20. The first-order chi connectivity index (χ1) is 14.4. The van der Waals surface area contributed by atoms with Crippen LogP contribution < -0.4 is 0 Å². The summed E-state index contributed by atoms with van der Waals surface area (Å²) in [5.41, 5.74) is 2.10. The van der Waals surface area contributed by atoms with Gasteiger partial charge in [-0.3, -0.25) is 14.3 Å². The zero-order valence-electron chi connectivity index (χ0n) is 17.7. The molecule has 1 N–H and O–H groups in total. The summed E-state index contributed by atoms with van der Waals surface area (Å²) in [5.74, 6) is -1.28. The Kier molecular flexibility index (Phi) is 5.79. The predicted octanol–water partition coefficient (Wildman–Crippen LogP) is 3.01. The molecule has 7 nitrogen and oxygen atoms in total. The number of carbonyl (C=O) groups excluding carboxylic acids is 2. The molecule has 2 aromatic rings. The minimum atomic E-state index is -0.618. The Morgan fingerprint density at radius 1 is 1.20 bits per heavy atom. The number of hydrogen-bond donors (Lipinski definition) is 1. The summed E-state index contributed by atoms with van der Waals surface area (Å²) in [4.78, 5) is 30.9. The molecule has 4 rings (SSSR count). The van der Waals surface area contributed by atoms with Crippen molar-refractivity contribution in [2.75, 3.05) is 26.2 Å². The number of aromatic nitrogens is 2. The smallest absolute Gasteiger partial charge is 0.295 e. The van der Waals surface area contributed by atoms with Gasteiger partial charge in [0, 0.05) is 30.7 Å². The molecule has 1 unspecified atom stereocenters. The number of hydrogen-bond acceptors (Lipinski definition) is 6. The normalized spacial score (nSPS) is 22.2. The molecule has 2 aliphatic heterocycles. The van der Waals surface area contributed by atoms with Gasteiger partial charge in [0.05, 0.1) is 22.9 Å². The van der Waals surface area contributed by atoms with E-state index in [9.17, 15) is 14.7 Å². The number of piperidine rings is 1. The van der Waals surface area contributed by atoms with Gasteiger partial charge in [0.25, 0.3) is 11.7 Å². The van der Waals surface area contributed by atoms with Crippen LogP contribution in [0.2, 0.25) is 0 Å². The van der Waals surface area contributed by atoms with Crippen molar-refractivity contribution in [2.24, 2.45) is 7.05 Å². The van der Waals surface area contributed by atoms with Crippen LogP contribution >= 0.6 is 11.3 Å². The Labute approximate surface area is 180 Å². The molecule has 0 radical (unpaired) electrons. The summed E-state index contributed by atoms with van der Waals surface area (Å²) >= 11 is 1.49. The molecule has 8 heteroatoms. The van der Waals surface area contributed by atoms with E-state index in [1.165, 1.54) is 30.6 Å². The van der Waals surface area contributed by atoms with E-state index in [4.69, 9.17) is 0 Å². The maximum atomic E-state index is 13.1. The highest BCUT2D eigenvalue weighted by molar-refractivity contribution is 7.10. The quantitative estimate of drug-likeness (QED) is 0.450. The van der Waals surface area contributed by atoms with E-state index in [-0.39, 0.29) is 11.3 Å². The van der Waals surface area contributed by atoms with Crippen LogP contribution in [0, 0.1) is 13.8 Å². The van der Waals surface area contributed by atoms with Crippen molar-refractivity contribution in [3.63, 3.8) is 0 Å². The first-order valence-corrected chi connectivity index (χ1v) is 11.3. The number of aliphatic hydroxyl groups excluding tert-OH is 1. The average molecular weight is 429 g/mol. The molecule has 0 saturated carbocycles. The lowest BCUT2D eigenvalue weighted by molar-refractivity contribution is -0.140. The molecule has 2 saturated heterocycles. The van der Waals surface area contributed by atoms with Crippen LogP contribution in [-0.2, 0) is 16.6 Å². The molecule has 4 heterocycles. The Morgan fingerprint density at radius 3 is 2.53 bits per heavy atom. The first-order valence-electron chi connectivity index (χ1n) is 10.4. The Hall–Kier alpha value is -2.45. The molecule has 0 aromatic carbocycles. The van der Waals surface area contributed by atoms with Crippen molar-refractivity contribution in [3.05, 3.63) is 44.9 Å². The summed E-state index contributed by atoms with van der Waals surface area (Å²) in [6.07, 6.45) is 3.60. The van der Waals surface area contributed by atoms with E-state index in [0.29, 0.717) is 17.8 Å². The highest BCUT2D eigenvalue weighted by Crippen LogP contribution is 2.41. The third kappa shape index (κ3) is 3.58. The molecule has 2 aliphatic rings. The van der Waals surface area contributed by atoms with Crippen LogP contribution in [0.5, 0.6) is 0 Å². The Balaban J connectivity index is 1.74. The van der Waals surface area contributed by atoms with Gasteiger partial charge in [0.1, 0.15) is 5.76 Å². The van der Waals surface area contributed by atoms with Crippen LogP contribution in [0.25, 0.3) is 5.76 Å². The van der Waals surface area contributed by atoms with E-state index < -0.39 is 17.7 Å². The lowest BCUT2D eigenvalue weighted by Crippen LogP contribution is -2.39. The summed E-state index contributed by atoms with van der Waals surface area (Å²) in [7, 11) is 1.80. The van der Waals surface area contributed by atoms with Crippen molar-refractivity contribution in [1.82, 2.24) is 19.6 Å². The molecule has 2 fully saturated rings. The van der Waals surface area contributed by atoms with Gasteiger partial charge >= 0.3 is 0 Å². The Bertz CT molecular complexity index is 986. The largest absolute Gasteiger partial charge is 0.507 e. The molecule has 0 spiro atoms. The zero-order chi connectivity index (χ0) is 21.4. The second-order valence-corrected chi connectivity index (χ2v) is 9.06. The van der Waals surface area contributed by atoms with Crippen LogP contribution in [0.15, 0.2) is 23.1 Å². The fraction of sp³-hybridized carbons (Fsp3) is 0.500. The van der Waals surface area contributed by atoms with Crippen molar-refractivity contribution >= 4 is 28.8 Å². The van der Waals surface area contributed by atoms with Crippen LogP contribution in [-0.4, -0.2) is 62.6 Å². The number of amides is 1. The molecule has 2 aromatic heterocycles. The van der Waals surface area contributed by atoms with E-state index in [1.54, 1.807) is 23.6 Å². The fourth-order valence-electron chi connectivity index (χ4n) is 4.54. The molecule has 160 valence electrons. The highest BCUT2D eigenvalue weighted by atomic mass is 32.1. The monoisotopic (exact) mass is 428 g/mol. The van der Waals surface area contributed by atoms with Gasteiger partial charge in [-0.25, -0.2) is 0 Å². The first kappa shape index (κ1) is 20.8. The number of aryl methyl sites for hydroxylation is 2. The molecule has 1 amide bonds. The number of carbonyl (C=O) groups is 2. The predicted molar refractivity (Wildman–Crippen MR) is 116 cm³/mol. The lowest BCUT2D eigenvalue weighted by Gasteiger charge is -2.30. The lowest BCUT2D eigenvalue weighted by atomic mass is 9.99. The van der Waals surface area contributed by atoms with Gasteiger partial charge in [0.15, 0.2) is 0 Å². The number of Topliss-reactive ketones (excluding diaryl/α,β-unsaturated/α-hetero) is 1. The van der Waals surface area contributed by atoms with E-state index in [1.807, 2.05) is 24.4 Å². The second kappa shape index (κ2) is 8.35. The summed E-state index contributed by atoms with van der Waals surface area (Å²) in [6.45, 7) is 6.91. The molecule has 30 heavy (non-hydrogen) atoms. The third-order valence-corrected chi connectivity index (χ3v) is 7.13. The van der Waals surface area contributed by atoms with Crippen molar-refractivity contribution in [2.45, 2.75) is 39.2 Å². The standard InChI is InChI=1S/C22H28N4O3S/c1-14-17(15(2)24(3)23-14)20(27)18-19(16-8-7-13-30-16)26(22(29)21(18)28)12-11-25-9-5-4-6-10-25/h7-8,13,19,27H,4-6,9-12H2,1-3H3/b20-18+. The van der Waals surface area contributed by atoms with Gasteiger partial charge in [0.2, 0.25) is 0 Å². The zero-order valence-corrected chi connectivity index (χ0v) is 18.5. The van der Waals surface area contributed by atoms with Crippen molar-refractivity contribution in [1.29, 1.82) is 0 Å². The maximum Gasteiger partial charge on any atom is 0.295 e. The van der Waals surface area contributed by atoms with Crippen LogP contribution in [0.1, 0.15) is 47.1 Å². The van der Waals surface area contributed by atoms with Crippen LogP contribution in [0.3, 0.4) is 0 Å². The summed E-state index contributed by atoms with van der Waals surface area (Å²) < 4.78 is 1.68. The minimum Gasteiger partial charge on any atom is -0.507 e. The number of ketones is 1. The summed E-state index contributed by atoms with van der Waals surface area (Å²) in [6, 6.07) is 3.27. The van der Waals surface area contributed by atoms with Crippen molar-refractivity contribution < 1.29 is 14.7 Å². The molecular weight excluding hydrogens is 400 g/mol. The van der Waals surface area contributed by atoms with Gasteiger partial charge in [-0.05, 0) is 51.2 Å². The van der Waals surface area contributed by atoms with E-state index in [2.05, 4.69) is 10.00 Å². The molecule has 0 bridgehead atoms. The number of likely N-dealkylation sites (tertiary alicyclic amines) is 2. The van der Waals surface area contributed by atoms with Crippen molar-refractivity contribution in [3.8, 4) is 0 Å². The fourth-order valence-corrected chi connectivity index (χ4v) is 5.38. The SMILES string of the molecule is Cc1nn(C)c(C)c1/C(O)=C1\C(=O)C(=O)N(CCN2CCCCC2)C1c1cccs1. The average Bonchev–Trinajstić information content (AvgIpc) is 3.41. The summed E-state index contributed by atoms with van der Waals surface area (Å²) in [5, 5.41) is 17.5. The number of aliphatic hydroxyl groups is 1. The second-order valence-electron chi connectivity index (χ2n) is 8.08. The van der Waals surface area contributed by atoms with Gasteiger partial charge in [-0.1, -0.05) is 12.5 Å². The molecule has 1 atom stereocenters. The minimum absolute atomic E-state index is 0.129. The Morgan fingerprint density at radius 2 is 1.93 bits per heavy atom. The van der Waals surface area contributed by atoms with E-state index >= 15 is 0 Å². The number of nitrogens with zero attached hydrogens (tertiary/aromatic N) is 4. The number of thiophene rings is 1. The molecule has 0 aliphatic carbocycles. The highest BCUT2D eigenvalue weighted by Gasteiger charge is 2.46. The maximum absolute atomic E-state index is 13.1. The van der Waals surface area contributed by atoms with E-state index in [0.717, 1.165) is 30.2 Å². The van der Waals surface area contributed by atoms with Gasteiger partial charge in [-0.15, -0.1) is 11.3 Å². The van der Waals surface area contributed by atoms with Gasteiger partial charge < -0.3 is 14.9 Å². The number of rotatable bonds is 5. The van der Waals surface area contributed by atoms with Gasteiger partial charge in [-0.2, -0.15) is 5.10 Å². The van der Waals surface area contributed by atoms with Crippen LogP contribution in [0.4, 0.5) is 0 Å².